The summed E-state index contributed by atoms with van der Waals surface area (Å²) in [5, 5.41) is 0. The molecule has 0 aliphatic carbocycles. The lowest BCUT2D eigenvalue weighted by molar-refractivity contribution is -0.142. The molecular weight excluding hydrogens is 314 g/mol. The van der Waals surface area contributed by atoms with Gasteiger partial charge >= 0.3 is 0 Å². The first kappa shape index (κ1) is 17.9. The van der Waals surface area contributed by atoms with Crippen LogP contribution in [0.25, 0.3) is 0 Å². The zero-order chi connectivity index (χ0) is 18.0. The largest absolute Gasteiger partial charge is 0.347 e. The van der Waals surface area contributed by atoms with Gasteiger partial charge in [-0.05, 0) is 24.3 Å². The molecule has 25 heavy (non-hydrogen) atoms. The SMILES string of the molecule is C[C@@H]1CN(CCc2ccccc2)C[C@]12CCN(CC(=O)N(C)C)C2=O. The quantitative estimate of drug-likeness (QED) is 0.814. The van der Waals surface area contributed by atoms with Gasteiger partial charge in [0.1, 0.15) is 0 Å². The third kappa shape index (κ3) is 3.56. The Balaban J connectivity index is 1.61. The number of carbonyl (C=O) groups excluding carboxylic acids is 2. The normalized spacial score (nSPS) is 26.6. The van der Waals surface area contributed by atoms with Gasteiger partial charge in [0, 0.05) is 40.3 Å². The van der Waals surface area contributed by atoms with Crippen LogP contribution in [0.3, 0.4) is 0 Å². The number of amides is 2. The minimum atomic E-state index is -0.288. The molecule has 0 N–H and O–H groups in total. The van der Waals surface area contributed by atoms with E-state index >= 15 is 0 Å². The first-order chi connectivity index (χ1) is 11.9. The first-order valence-corrected chi connectivity index (χ1v) is 9.18. The molecule has 5 nitrogen and oxygen atoms in total. The predicted molar refractivity (Wildman–Crippen MR) is 98.1 cm³/mol. The van der Waals surface area contributed by atoms with Gasteiger partial charge in [0.05, 0.1) is 12.0 Å². The van der Waals surface area contributed by atoms with Gasteiger partial charge in [-0.2, -0.15) is 0 Å². The van der Waals surface area contributed by atoms with Gasteiger partial charge in [-0.3, -0.25) is 9.59 Å². The number of rotatable bonds is 5. The molecule has 2 atom stereocenters. The van der Waals surface area contributed by atoms with E-state index in [0.29, 0.717) is 12.5 Å². The lowest BCUT2D eigenvalue weighted by atomic mass is 9.78. The van der Waals surface area contributed by atoms with Crippen molar-refractivity contribution < 1.29 is 9.59 Å². The molecule has 2 amide bonds. The highest BCUT2D eigenvalue weighted by molar-refractivity contribution is 5.90. The number of carbonyl (C=O) groups is 2. The Hall–Kier alpha value is -1.88. The predicted octanol–water partition coefficient (Wildman–Crippen LogP) is 1.49. The van der Waals surface area contributed by atoms with Crippen LogP contribution in [0.4, 0.5) is 0 Å². The smallest absolute Gasteiger partial charge is 0.241 e. The van der Waals surface area contributed by atoms with Crippen LogP contribution in [0.15, 0.2) is 30.3 Å². The van der Waals surface area contributed by atoms with Crippen LogP contribution in [0.1, 0.15) is 18.9 Å². The van der Waals surface area contributed by atoms with E-state index < -0.39 is 0 Å². The molecule has 5 heteroatoms. The lowest BCUT2D eigenvalue weighted by Gasteiger charge is -2.27. The molecule has 3 rings (SSSR count). The van der Waals surface area contributed by atoms with Gasteiger partial charge in [0.15, 0.2) is 0 Å². The summed E-state index contributed by atoms with van der Waals surface area (Å²) in [6, 6.07) is 10.5. The average Bonchev–Trinajstić information content (AvgIpc) is 3.09. The Morgan fingerprint density at radius 1 is 1.28 bits per heavy atom. The second kappa shape index (κ2) is 7.16. The molecule has 1 spiro atoms. The highest BCUT2D eigenvalue weighted by atomic mass is 16.2. The highest BCUT2D eigenvalue weighted by Gasteiger charge is 2.54. The van der Waals surface area contributed by atoms with Crippen molar-refractivity contribution in [2.75, 3.05) is 46.8 Å². The van der Waals surface area contributed by atoms with E-state index in [1.165, 1.54) is 5.56 Å². The summed E-state index contributed by atoms with van der Waals surface area (Å²) in [6.07, 6.45) is 1.89. The van der Waals surface area contributed by atoms with E-state index in [2.05, 4.69) is 36.1 Å². The maximum Gasteiger partial charge on any atom is 0.241 e. The van der Waals surface area contributed by atoms with E-state index in [9.17, 15) is 9.59 Å². The second-order valence-electron chi connectivity index (χ2n) is 7.79. The van der Waals surface area contributed by atoms with Crippen LogP contribution in [-0.2, 0) is 16.0 Å². The molecule has 2 aliphatic rings. The second-order valence-corrected chi connectivity index (χ2v) is 7.79. The number of likely N-dealkylation sites (tertiary alicyclic amines) is 2. The minimum absolute atomic E-state index is 0.00279. The topological polar surface area (TPSA) is 43.9 Å². The standard InChI is InChI=1S/C20H29N3O2/c1-16-13-22(11-9-17-7-5-4-6-8-17)15-20(16)10-12-23(19(20)25)14-18(24)21(2)3/h4-8,16H,9-15H2,1-3H3/t16-,20-/m1/s1. The molecule has 1 aromatic rings. The van der Waals surface area contributed by atoms with Crippen molar-refractivity contribution in [3.8, 4) is 0 Å². The maximum atomic E-state index is 13.0. The number of benzene rings is 1. The molecule has 2 heterocycles. The zero-order valence-corrected chi connectivity index (χ0v) is 15.6. The first-order valence-electron chi connectivity index (χ1n) is 9.18. The van der Waals surface area contributed by atoms with Crippen molar-refractivity contribution in [3.05, 3.63) is 35.9 Å². The Morgan fingerprint density at radius 2 is 2.00 bits per heavy atom. The van der Waals surface area contributed by atoms with Crippen molar-refractivity contribution >= 4 is 11.8 Å². The molecule has 0 bridgehead atoms. The molecular formula is C20H29N3O2. The van der Waals surface area contributed by atoms with Gasteiger partial charge in [-0.25, -0.2) is 0 Å². The number of nitrogens with zero attached hydrogens (tertiary/aromatic N) is 3. The van der Waals surface area contributed by atoms with Gasteiger partial charge in [-0.1, -0.05) is 37.3 Å². The van der Waals surface area contributed by atoms with Crippen molar-refractivity contribution in [2.24, 2.45) is 11.3 Å². The van der Waals surface area contributed by atoms with Gasteiger partial charge in [0.2, 0.25) is 11.8 Å². The van der Waals surface area contributed by atoms with Crippen LogP contribution >= 0.6 is 0 Å². The molecule has 2 aliphatic heterocycles. The van der Waals surface area contributed by atoms with Crippen LogP contribution in [-0.4, -0.2) is 73.3 Å². The summed E-state index contributed by atoms with van der Waals surface area (Å²) >= 11 is 0. The molecule has 1 aromatic carbocycles. The van der Waals surface area contributed by atoms with E-state index in [4.69, 9.17) is 0 Å². The molecule has 2 fully saturated rings. The molecule has 0 saturated carbocycles. The molecule has 2 saturated heterocycles. The zero-order valence-electron chi connectivity index (χ0n) is 15.6. The maximum absolute atomic E-state index is 13.0. The fourth-order valence-corrected chi connectivity index (χ4v) is 4.20. The number of likely N-dealkylation sites (N-methyl/N-ethyl adjacent to an activating group) is 1. The third-order valence-electron chi connectivity index (χ3n) is 5.91. The fraction of sp³-hybridized carbons (Fsp3) is 0.600. The van der Waals surface area contributed by atoms with E-state index in [-0.39, 0.29) is 23.8 Å². The minimum Gasteiger partial charge on any atom is -0.347 e. The monoisotopic (exact) mass is 343 g/mol. The van der Waals surface area contributed by atoms with Crippen LogP contribution in [0.5, 0.6) is 0 Å². The van der Waals surface area contributed by atoms with Crippen LogP contribution in [0, 0.1) is 11.3 Å². The van der Waals surface area contributed by atoms with E-state index in [1.807, 2.05) is 6.07 Å². The molecule has 0 radical (unpaired) electrons. The third-order valence-corrected chi connectivity index (χ3v) is 5.91. The summed E-state index contributed by atoms with van der Waals surface area (Å²) in [7, 11) is 3.48. The van der Waals surface area contributed by atoms with Crippen molar-refractivity contribution in [2.45, 2.75) is 19.8 Å². The van der Waals surface area contributed by atoms with Crippen molar-refractivity contribution in [3.63, 3.8) is 0 Å². The lowest BCUT2D eigenvalue weighted by Crippen LogP contribution is -2.43. The number of hydrogen-bond acceptors (Lipinski definition) is 3. The van der Waals surface area contributed by atoms with Crippen LogP contribution in [0.2, 0.25) is 0 Å². The highest BCUT2D eigenvalue weighted by Crippen LogP contribution is 2.44. The average molecular weight is 343 g/mol. The van der Waals surface area contributed by atoms with Crippen molar-refractivity contribution in [1.29, 1.82) is 0 Å². The molecule has 136 valence electrons. The van der Waals surface area contributed by atoms with Crippen LogP contribution < -0.4 is 0 Å². The van der Waals surface area contributed by atoms with Gasteiger partial charge in [-0.15, -0.1) is 0 Å². The summed E-state index contributed by atoms with van der Waals surface area (Å²) < 4.78 is 0. The van der Waals surface area contributed by atoms with E-state index in [0.717, 1.165) is 32.5 Å². The van der Waals surface area contributed by atoms with Gasteiger partial charge in [0.25, 0.3) is 0 Å². The fourth-order valence-electron chi connectivity index (χ4n) is 4.20. The summed E-state index contributed by atoms with van der Waals surface area (Å²) in [4.78, 5) is 30.8. The number of hydrogen-bond donors (Lipinski definition) is 0. The Kier molecular flexibility index (Phi) is 5.13. The molecule has 0 unspecified atom stereocenters. The summed E-state index contributed by atoms with van der Waals surface area (Å²) in [6.45, 7) is 5.89. The van der Waals surface area contributed by atoms with Crippen molar-refractivity contribution in [1.82, 2.24) is 14.7 Å². The molecule has 0 aromatic heterocycles. The Bertz CT molecular complexity index is 631. The van der Waals surface area contributed by atoms with Gasteiger partial charge < -0.3 is 14.7 Å². The van der Waals surface area contributed by atoms with E-state index in [1.54, 1.807) is 23.9 Å². The Labute approximate surface area is 150 Å². The summed E-state index contributed by atoms with van der Waals surface area (Å²) in [5.74, 6) is 0.518. The Morgan fingerprint density at radius 3 is 2.68 bits per heavy atom. The summed E-state index contributed by atoms with van der Waals surface area (Å²) in [5.41, 5.74) is 1.05.